The highest BCUT2D eigenvalue weighted by atomic mass is 35.5. The van der Waals surface area contributed by atoms with Gasteiger partial charge in [0.15, 0.2) is 0 Å². The molecule has 5 nitrogen and oxygen atoms in total. The summed E-state index contributed by atoms with van der Waals surface area (Å²) in [5.41, 5.74) is 7.16. The summed E-state index contributed by atoms with van der Waals surface area (Å²) in [7, 11) is 0. The van der Waals surface area contributed by atoms with Crippen molar-refractivity contribution < 1.29 is 9.59 Å². The number of rotatable bonds is 3. The summed E-state index contributed by atoms with van der Waals surface area (Å²) in [4.78, 5) is 26.0. The van der Waals surface area contributed by atoms with Gasteiger partial charge < -0.3 is 16.0 Å². The number of halogens is 1. The zero-order chi connectivity index (χ0) is 16.3. The third kappa shape index (κ3) is 4.94. The van der Waals surface area contributed by atoms with Crippen LogP contribution in [0.3, 0.4) is 0 Å². The van der Waals surface area contributed by atoms with E-state index in [9.17, 15) is 9.59 Å². The lowest BCUT2D eigenvalue weighted by Gasteiger charge is -2.28. The summed E-state index contributed by atoms with van der Waals surface area (Å²) >= 11 is 0. The zero-order valence-electron chi connectivity index (χ0n) is 14.0. The third-order valence-electron chi connectivity index (χ3n) is 3.96. The average molecular weight is 340 g/mol. The van der Waals surface area contributed by atoms with Crippen molar-refractivity contribution in [2.24, 2.45) is 11.1 Å². The van der Waals surface area contributed by atoms with E-state index >= 15 is 0 Å². The normalized spacial score (nSPS) is 16.5. The highest BCUT2D eigenvalue weighted by Crippen LogP contribution is 2.25. The van der Waals surface area contributed by atoms with Gasteiger partial charge in [-0.15, -0.1) is 12.4 Å². The van der Waals surface area contributed by atoms with Gasteiger partial charge in [-0.1, -0.05) is 26.8 Å². The monoisotopic (exact) mass is 339 g/mol. The third-order valence-corrected chi connectivity index (χ3v) is 3.96. The second-order valence-corrected chi connectivity index (χ2v) is 6.89. The molecule has 1 fully saturated rings. The standard InChI is InChI=1S/C17H25N3O2.ClH/c1-17(2,3)15(18)16(22)19-12-7-6-8-13(11-12)20-10-5-4-9-14(20)21;/h6-8,11,15H,4-5,9-10,18H2,1-3H3,(H,19,22);1H/t15-;/m1./s1. The van der Waals surface area contributed by atoms with E-state index in [0.29, 0.717) is 12.1 Å². The molecule has 3 N–H and O–H groups in total. The van der Waals surface area contributed by atoms with Crippen molar-refractivity contribution in [3.8, 4) is 0 Å². The first-order chi connectivity index (χ1) is 10.3. The number of hydrogen-bond donors (Lipinski definition) is 2. The Morgan fingerprint density at radius 1 is 1.30 bits per heavy atom. The first kappa shape index (κ1) is 19.5. The van der Waals surface area contributed by atoms with Crippen LogP contribution in [0.4, 0.5) is 11.4 Å². The van der Waals surface area contributed by atoms with Crippen LogP contribution in [0.5, 0.6) is 0 Å². The van der Waals surface area contributed by atoms with Crippen LogP contribution in [0.1, 0.15) is 40.0 Å². The number of carbonyl (C=O) groups is 2. The molecule has 0 radical (unpaired) electrons. The van der Waals surface area contributed by atoms with Gasteiger partial charge in [-0.05, 0) is 36.5 Å². The number of amides is 2. The Morgan fingerprint density at radius 2 is 2.00 bits per heavy atom. The van der Waals surface area contributed by atoms with Crippen molar-refractivity contribution in [1.29, 1.82) is 0 Å². The van der Waals surface area contributed by atoms with E-state index in [-0.39, 0.29) is 29.6 Å². The molecule has 1 aromatic rings. The van der Waals surface area contributed by atoms with Crippen molar-refractivity contribution in [3.63, 3.8) is 0 Å². The minimum Gasteiger partial charge on any atom is -0.325 e. The molecule has 0 unspecified atom stereocenters. The van der Waals surface area contributed by atoms with E-state index in [2.05, 4.69) is 5.32 Å². The molecular weight excluding hydrogens is 314 g/mol. The first-order valence-corrected chi connectivity index (χ1v) is 7.76. The molecule has 1 aliphatic rings. The van der Waals surface area contributed by atoms with Crippen LogP contribution in [0, 0.1) is 5.41 Å². The highest BCUT2D eigenvalue weighted by molar-refractivity contribution is 5.97. The number of hydrogen-bond acceptors (Lipinski definition) is 3. The average Bonchev–Trinajstić information content (AvgIpc) is 2.46. The minimum atomic E-state index is -0.590. The van der Waals surface area contributed by atoms with E-state index in [1.54, 1.807) is 4.90 Å². The van der Waals surface area contributed by atoms with Crippen LogP contribution >= 0.6 is 12.4 Å². The van der Waals surface area contributed by atoms with Crippen LogP contribution in [0.25, 0.3) is 0 Å². The van der Waals surface area contributed by atoms with Gasteiger partial charge in [0.25, 0.3) is 0 Å². The summed E-state index contributed by atoms with van der Waals surface area (Å²) in [6.07, 6.45) is 2.55. The number of benzene rings is 1. The molecule has 1 heterocycles. The Morgan fingerprint density at radius 3 is 2.61 bits per heavy atom. The number of carbonyl (C=O) groups excluding carboxylic acids is 2. The summed E-state index contributed by atoms with van der Waals surface area (Å²) < 4.78 is 0. The molecular formula is C17H26ClN3O2. The summed E-state index contributed by atoms with van der Waals surface area (Å²) in [6.45, 7) is 6.53. The van der Waals surface area contributed by atoms with Crippen molar-refractivity contribution >= 4 is 35.6 Å². The van der Waals surface area contributed by atoms with E-state index in [1.165, 1.54) is 0 Å². The maximum atomic E-state index is 12.2. The van der Waals surface area contributed by atoms with Crippen LogP contribution in [0.15, 0.2) is 24.3 Å². The van der Waals surface area contributed by atoms with E-state index in [4.69, 9.17) is 5.73 Å². The van der Waals surface area contributed by atoms with Gasteiger partial charge in [0.2, 0.25) is 11.8 Å². The van der Waals surface area contributed by atoms with Crippen molar-refractivity contribution in [2.75, 3.05) is 16.8 Å². The molecule has 2 amide bonds. The lowest BCUT2D eigenvalue weighted by molar-refractivity contribution is -0.120. The number of nitrogens with zero attached hydrogens (tertiary/aromatic N) is 1. The summed E-state index contributed by atoms with van der Waals surface area (Å²) in [5, 5.41) is 2.84. The van der Waals surface area contributed by atoms with Gasteiger partial charge in [0.1, 0.15) is 0 Å². The minimum absolute atomic E-state index is 0. The molecule has 0 saturated carbocycles. The Bertz CT molecular complexity index is 569. The van der Waals surface area contributed by atoms with Crippen LogP contribution < -0.4 is 16.0 Å². The quantitative estimate of drug-likeness (QED) is 0.889. The van der Waals surface area contributed by atoms with E-state index < -0.39 is 6.04 Å². The fourth-order valence-corrected chi connectivity index (χ4v) is 2.44. The molecule has 1 atom stereocenters. The zero-order valence-corrected chi connectivity index (χ0v) is 14.8. The van der Waals surface area contributed by atoms with Crippen LogP contribution in [-0.2, 0) is 9.59 Å². The molecule has 1 aliphatic heterocycles. The molecule has 6 heteroatoms. The second kappa shape index (κ2) is 7.79. The Kier molecular flexibility index (Phi) is 6.59. The van der Waals surface area contributed by atoms with Gasteiger partial charge in [-0.25, -0.2) is 0 Å². The maximum absolute atomic E-state index is 12.2. The Labute approximate surface area is 144 Å². The Hall–Kier alpha value is -1.59. The molecule has 1 aromatic carbocycles. The predicted octanol–water partition coefficient (Wildman–Crippen LogP) is 2.94. The first-order valence-electron chi connectivity index (χ1n) is 7.76. The molecule has 0 spiro atoms. The Balaban J connectivity index is 0.00000264. The van der Waals surface area contributed by atoms with Gasteiger partial charge in [-0.3, -0.25) is 9.59 Å². The van der Waals surface area contributed by atoms with E-state index in [0.717, 1.165) is 25.1 Å². The SMILES string of the molecule is CC(C)(C)[C@H](N)C(=O)Nc1cccc(N2CCCCC2=O)c1.Cl. The lowest BCUT2D eigenvalue weighted by atomic mass is 9.87. The lowest BCUT2D eigenvalue weighted by Crippen LogP contribution is -2.45. The van der Waals surface area contributed by atoms with Crippen LogP contribution in [0.2, 0.25) is 0 Å². The van der Waals surface area contributed by atoms with Gasteiger partial charge in [0.05, 0.1) is 6.04 Å². The summed E-state index contributed by atoms with van der Waals surface area (Å²) in [6, 6.07) is 6.78. The van der Waals surface area contributed by atoms with Gasteiger partial charge in [0, 0.05) is 24.3 Å². The molecule has 128 valence electrons. The molecule has 2 rings (SSSR count). The highest BCUT2D eigenvalue weighted by Gasteiger charge is 2.27. The topological polar surface area (TPSA) is 75.4 Å². The van der Waals surface area contributed by atoms with Crippen molar-refractivity contribution in [3.05, 3.63) is 24.3 Å². The van der Waals surface area contributed by atoms with Crippen molar-refractivity contribution in [2.45, 2.75) is 46.1 Å². The largest absolute Gasteiger partial charge is 0.325 e. The van der Waals surface area contributed by atoms with Gasteiger partial charge >= 0.3 is 0 Å². The fourth-order valence-electron chi connectivity index (χ4n) is 2.44. The molecule has 0 bridgehead atoms. The van der Waals surface area contributed by atoms with Crippen LogP contribution in [-0.4, -0.2) is 24.4 Å². The smallest absolute Gasteiger partial charge is 0.241 e. The number of anilines is 2. The number of nitrogens with two attached hydrogens (primary N) is 1. The molecule has 23 heavy (non-hydrogen) atoms. The fraction of sp³-hybridized carbons (Fsp3) is 0.529. The molecule has 1 saturated heterocycles. The maximum Gasteiger partial charge on any atom is 0.241 e. The molecule has 0 aromatic heterocycles. The van der Waals surface area contributed by atoms with Crippen molar-refractivity contribution in [1.82, 2.24) is 0 Å². The molecule has 0 aliphatic carbocycles. The second-order valence-electron chi connectivity index (χ2n) is 6.89. The van der Waals surface area contributed by atoms with E-state index in [1.807, 2.05) is 45.0 Å². The number of nitrogens with one attached hydrogen (secondary N) is 1. The number of piperidine rings is 1. The predicted molar refractivity (Wildman–Crippen MR) is 96.0 cm³/mol. The van der Waals surface area contributed by atoms with Gasteiger partial charge in [-0.2, -0.15) is 0 Å². The summed E-state index contributed by atoms with van der Waals surface area (Å²) in [5.74, 6) is -0.0734.